The predicted octanol–water partition coefficient (Wildman–Crippen LogP) is 3.76. The normalized spacial score (nSPS) is 12.4. The van der Waals surface area contributed by atoms with Crippen LogP contribution in [0.3, 0.4) is 0 Å². The lowest BCUT2D eigenvalue weighted by Gasteiger charge is -2.12. The van der Waals surface area contributed by atoms with Gasteiger partial charge in [-0.05, 0) is 39.1 Å². The van der Waals surface area contributed by atoms with Gasteiger partial charge in [0.2, 0.25) is 0 Å². The number of rotatable bonds is 3. The van der Waals surface area contributed by atoms with Gasteiger partial charge in [0.05, 0.1) is 11.6 Å². The molecule has 18 heavy (non-hydrogen) atoms. The Labute approximate surface area is 111 Å². The molecule has 1 atom stereocenters. The van der Waals surface area contributed by atoms with Crippen LogP contribution >= 0.6 is 11.3 Å². The van der Waals surface area contributed by atoms with Crippen molar-refractivity contribution in [2.24, 2.45) is 0 Å². The van der Waals surface area contributed by atoms with E-state index in [9.17, 15) is 4.79 Å². The molecule has 0 spiro atoms. The lowest BCUT2D eigenvalue weighted by molar-refractivity contribution is 0.0938. The Hall–Kier alpha value is -1.55. The summed E-state index contributed by atoms with van der Waals surface area (Å²) < 4.78 is 5.48. The topological polar surface area (TPSA) is 42.2 Å². The lowest BCUT2D eigenvalue weighted by Crippen LogP contribution is -2.26. The van der Waals surface area contributed by atoms with Crippen LogP contribution in [0.2, 0.25) is 0 Å². The first kappa shape index (κ1) is 12.9. The Morgan fingerprint density at radius 3 is 2.56 bits per heavy atom. The Morgan fingerprint density at radius 2 is 2.06 bits per heavy atom. The molecule has 96 valence electrons. The van der Waals surface area contributed by atoms with Gasteiger partial charge >= 0.3 is 0 Å². The third-order valence-corrected chi connectivity index (χ3v) is 4.16. The minimum atomic E-state index is -0.0669. The van der Waals surface area contributed by atoms with Crippen molar-refractivity contribution >= 4 is 17.2 Å². The van der Waals surface area contributed by atoms with Gasteiger partial charge in [-0.3, -0.25) is 4.79 Å². The maximum absolute atomic E-state index is 12.2. The molecule has 0 aliphatic heterocycles. The third kappa shape index (κ3) is 2.34. The number of hydrogen-bond acceptors (Lipinski definition) is 3. The fourth-order valence-corrected chi connectivity index (χ4v) is 2.74. The van der Waals surface area contributed by atoms with Crippen LogP contribution < -0.4 is 5.32 Å². The first-order chi connectivity index (χ1) is 8.50. The van der Waals surface area contributed by atoms with Crippen LogP contribution in [0.25, 0.3) is 0 Å². The van der Waals surface area contributed by atoms with E-state index >= 15 is 0 Å². The molecule has 0 radical (unpaired) electrons. The molecule has 2 aromatic rings. The van der Waals surface area contributed by atoms with Crippen molar-refractivity contribution in [3.05, 3.63) is 45.0 Å². The number of hydrogen-bond donors (Lipinski definition) is 1. The van der Waals surface area contributed by atoms with Gasteiger partial charge in [0, 0.05) is 10.4 Å². The molecule has 3 nitrogen and oxygen atoms in total. The number of thiophene rings is 1. The van der Waals surface area contributed by atoms with Gasteiger partial charge in [-0.1, -0.05) is 6.07 Å². The van der Waals surface area contributed by atoms with Gasteiger partial charge in [-0.2, -0.15) is 0 Å². The largest absolute Gasteiger partial charge is 0.466 e. The van der Waals surface area contributed by atoms with Crippen molar-refractivity contribution in [2.45, 2.75) is 33.7 Å². The summed E-state index contributed by atoms with van der Waals surface area (Å²) in [7, 11) is 0. The molecule has 2 aromatic heterocycles. The molecular formula is C14H17NO2S. The number of furan rings is 1. The van der Waals surface area contributed by atoms with Crippen molar-refractivity contribution in [3.8, 4) is 0 Å². The summed E-state index contributed by atoms with van der Waals surface area (Å²) in [6, 6.07) is 4.03. The highest BCUT2D eigenvalue weighted by molar-refractivity contribution is 7.10. The molecular weight excluding hydrogens is 246 g/mol. The van der Waals surface area contributed by atoms with Crippen LogP contribution in [0.4, 0.5) is 0 Å². The van der Waals surface area contributed by atoms with Gasteiger partial charge in [0.1, 0.15) is 11.5 Å². The minimum Gasteiger partial charge on any atom is -0.466 e. The molecule has 0 bridgehead atoms. The van der Waals surface area contributed by atoms with Gasteiger partial charge in [0.15, 0.2) is 0 Å². The fraction of sp³-hybridized carbons (Fsp3) is 0.357. The molecule has 0 saturated heterocycles. The van der Waals surface area contributed by atoms with E-state index in [4.69, 9.17) is 4.42 Å². The number of amides is 1. The van der Waals surface area contributed by atoms with E-state index < -0.39 is 0 Å². The number of aryl methyl sites for hydroxylation is 2. The monoisotopic (exact) mass is 263 g/mol. The second-order valence-corrected chi connectivity index (χ2v) is 5.40. The maximum atomic E-state index is 12.2. The van der Waals surface area contributed by atoms with Gasteiger partial charge in [-0.25, -0.2) is 0 Å². The number of carbonyl (C=O) groups excluding carboxylic acids is 1. The Balaban J connectivity index is 2.17. The first-order valence-electron chi connectivity index (χ1n) is 5.91. The Kier molecular flexibility index (Phi) is 3.57. The zero-order valence-corrected chi connectivity index (χ0v) is 11.9. The number of carbonyl (C=O) groups is 1. The van der Waals surface area contributed by atoms with Crippen LogP contribution in [0.15, 0.2) is 21.9 Å². The van der Waals surface area contributed by atoms with Crippen LogP contribution in [-0.2, 0) is 0 Å². The summed E-state index contributed by atoms with van der Waals surface area (Å²) >= 11 is 1.64. The van der Waals surface area contributed by atoms with E-state index in [1.807, 2.05) is 45.2 Å². The van der Waals surface area contributed by atoms with Crippen molar-refractivity contribution in [1.82, 2.24) is 5.32 Å². The zero-order chi connectivity index (χ0) is 13.3. The van der Waals surface area contributed by atoms with Crippen molar-refractivity contribution < 1.29 is 9.21 Å². The van der Waals surface area contributed by atoms with Gasteiger partial charge in [0.25, 0.3) is 5.91 Å². The molecule has 2 rings (SSSR count). The van der Waals surface area contributed by atoms with Crippen LogP contribution in [0, 0.1) is 20.8 Å². The first-order valence-corrected chi connectivity index (χ1v) is 6.79. The quantitative estimate of drug-likeness (QED) is 0.916. The van der Waals surface area contributed by atoms with Crippen LogP contribution in [0.1, 0.15) is 45.3 Å². The summed E-state index contributed by atoms with van der Waals surface area (Å²) in [5.41, 5.74) is 1.58. The molecule has 0 aliphatic rings. The highest BCUT2D eigenvalue weighted by Gasteiger charge is 2.20. The maximum Gasteiger partial charge on any atom is 0.255 e. The Morgan fingerprint density at radius 1 is 1.33 bits per heavy atom. The molecule has 1 amide bonds. The van der Waals surface area contributed by atoms with Crippen molar-refractivity contribution in [1.29, 1.82) is 0 Å². The van der Waals surface area contributed by atoms with Gasteiger partial charge < -0.3 is 9.73 Å². The standard InChI is InChI=1S/C14H17NO2S/c1-8-10(3)17-11(4)13(8)14(16)15-9(2)12-6-5-7-18-12/h5-7,9H,1-4H3,(H,15,16)/t9-/m1/s1. The van der Waals surface area contributed by atoms with Crippen LogP contribution in [-0.4, -0.2) is 5.91 Å². The van der Waals surface area contributed by atoms with E-state index in [0.717, 1.165) is 16.2 Å². The van der Waals surface area contributed by atoms with E-state index in [1.165, 1.54) is 0 Å². The second kappa shape index (κ2) is 4.98. The summed E-state index contributed by atoms with van der Waals surface area (Å²) in [6.07, 6.45) is 0. The van der Waals surface area contributed by atoms with E-state index in [0.29, 0.717) is 11.3 Å². The molecule has 4 heteroatoms. The summed E-state index contributed by atoms with van der Waals surface area (Å²) in [6.45, 7) is 7.60. The summed E-state index contributed by atoms with van der Waals surface area (Å²) in [5.74, 6) is 1.42. The Bertz CT molecular complexity index is 555. The highest BCUT2D eigenvalue weighted by Crippen LogP contribution is 2.23. The lowest BCUT2D eigenvalue weighted by atomic mass is 10.1. The summed E-state index contributed by atoms with van der Waals surface area (Å²) in [5, 5.41) is 5.02. The van der Waals surface area contributed by atoms with Gasteiger partial charge in [-0.15, -0.1) is 11.3 Å². The van der Waals surface area contributed by atoms with Crippen molar-refractivity contribution in [3.63, 3.8) is 0 Å². The molecule has 2 heterocycles. The van der Waals surface area contributed by atoms with E-state index in [-0.39, 0.29) is 11.9 Å². The fourth-order valence-electron chi connectivity index (χ4n) is 2.01. The molecule has 0 fully saturated rings. The second-order valence-electron chi connectivity index (χ2n) is 4.43. The molecule has 0 aliphatic carbocycles. The predicted molar refractivity (Wildman–Crippen MR) is 73.1 cm³/mol. The molecule has 0 saturated carbocycles. The average molecular weight is 263 g/mol. The summed E-state index contributed by atoms with van der Waals surface area (Å²) in [4.78, 5) is 13.4. The average Bonchev–Trinajstić information content (AvgIpc) is 2.88. The van der Waals surface area contributed by atoms with E-state index in [2.05, 4.69) is 5.32 Å². The van der Waals surface area contributed by atoms with Crippen molar-refractivity contribution in [2.75, 3.05) is 0 Å². The third-order valence-electron chi connectivity index (χ3n) is 3.11. The minimum absolute atomic E-state index is 0.0199. The molecule has 0 unspecified atom stereocenters. The van der Waals surface area contributed by atoms with Crippen LogP contribution in [0.5, 0.6) is 0 Å². The molecule has 1 N–H and O–H groups in total. The van der Waals surface area contributed by atoms with E-state index in [1.54, 1.807) is 11.3 Å². The number of nitrogens with one attached hydrogen (secondary N) is 1. The highest BCUT2D eigenvalue weighted by atomic mass is 32.1. The SMILES string of the molecule is Cc1oc(C)c(C(=O)N[C@H](C)c2cccs2)c1C. The molecule has 0 aromatic carbocycles. The smallest absolute Gasteiger partial charge is 0.255 e. The zero-order valence-electron chi connectivity index (χ0n) is 11.0.